The topological polar surface area (TPSA) is 247 Å². The van der Waals surface area contributed by atoms with E-state index < -0.39 is 86.6 Å². The van der Waals surface area contributed by atoms with E-state index in [4.69, 9.17) is 63.1 Å². The summed E-state index contributed by atoms with van der Waals surface area (Å²) in [5, 5.41) is 12.1. The molecular weight excluding hydrogens is 1090 g/mol. The van der Waals surface area contributed by atoms with Gasteiger partial charge < -0.3 is 56.6 Å². The first-order chi connectivity index (χ1) is 38.3. The predicted molar refractivity (Wildman–Crippen MR) is 302 cm³/mol. The maximum absolute atomic E-state index is 13.8. The zero-order valence-electron chi connectivity index (χ0n) is 46.7. The summed E-state index contributed by atoms with van der Waals surface area (Å²) < 4.78 is 75.5. The third kappa shape index (κ3) is 14.4. The van der Waals surface area contributed by atoms with Gasteiger partial charge in [-0.15, -0.1) is 0 Å². The van der Waals surface area contributed by atoms with E-state index in [0.717, 1.165) is 16.7 Å². The Morgan fingerprint density at radius 3 is 1.86 bits per heavy atom. The Labute approximate surface area is 471 Å². The first-order valence-corrected chi connectivity index (χ1v) is 30.2. The van der Waals surface area contributed by atoms with Gasteiger partial charge in [0.15, 0.2) is 18.9 Å². The van der Waals surface area contributed by atoms with E-state index in [9.17, 15) is 24.4 Å². The number of carbonyl (C=O) groups excluding carboxylic acids is 1. The number of amides is 1. The van der Waals surface area contributed by atoms with Crippen molar-refractivity contribution in [2.75, 3.05) is 60.2 Å². The zero-order chi connectivity index (χ0) is 57.9. The van der Waals surface area contributed by atoms with Gasteiger partial charge in [-0.3, -0.25) is 23.7 Å². The number of rotatable bonds is 27. The van der Waals surface area contributed by atoms with Gasteiger partial charge in [-0.05, 0) is 86.5 Å². The number of nitrogens with zero attached hydrogens (tertiary/aromatic N) is 5. The molecule has 5 aromatic rings. The summed E-state index contributed by atoms with van der Waals surface area (Å²) in [5.74, 6) is 0.626. The van der Waals surface area contributed by atoms with Crippen molar-refractivity contribution in [3.8, 4) is 17.6 Å². The molecule has 3 aromatic carbocycles. The molecule has 10 atom stereocenters. The fraction of sp³-hybridized carbons (Fsp3) is 0.491. The van der Waals surface area contributed by atoms with Crippen LogP contribution >= 0.6 is 15.0 Å². The third-order valence-electron chi connectivity index (χ3n) is 13.4. The highest BCUT2D eigenvalue weighted by molar-refractivity contribution is 8.09. The fourth-order valence-electron chi connectivity index (χ4n) is 9.60. The minimum absolute atomic E-state index is 0.0567. The molecule has 25 heteroatoms. The van der Waals surface area contributed by atoms with Gasteiger partial charge in [0, 0.05) is 57.3 Å². The number of benzene rings is 3. The Kier molecular flexibility index (Phi) is 21.7. The number of nitriles is 1. The quantitative estimate of drug-likeness (QED) is 0.0299. The standard InChI is InChI=1S/C55H71N7O15P2S/c1-34(2)50(64)57-44-26-29-60(53(65)58-44)51-48(69-9)46(76-78(72-31-15-28-56)62(35(3)4)36(5)6)43(75-51)33-73-79(11,80)77-47-42(74-52(49(47)70-10)61-30-27-45(63)59-54(61)66)32-71-55(37-16-13-12-14-17-37,38-18-22-40(67-7)23-19-38)39-20-24-41(68-8)25-21-39/h12-14,16-27,29-30,34-36,42-43,46-49,51-52H,15,31-33H2,1-11H3,(H,59,63,66)(H,57,58,64,65)/t42-,43-,46-,47-,48-,49-,51-,52-,78?,79?/m1/s1. The van der Waals surface area contributed by atoms with Crippen LogP contribution in [0, 0.1) is 17.2 Å². The number of hydrogen-bond acceptors (Lipinski definition) is 19. The van der Waals surface area contributed by atoms with Crippen molar-refractivity contribution in [3.05, 3.63) is 151 Å². The molecule has 0 radical (unpaired) electrons. The molecule has 2 aliphatic heterocycles. The molecular formula is C55H71N7O15P2S. The molecule has 0 bridgehead atoms. The maximum Gasteiger partial charge on any atom is 0.351 e. The van der Waals surface area contributed by atoms with Gasteiger partial charge in [0.2, 0.25) is 5.91 Å². The summed E-state index contributed by atoms with van der Waals surface area (Å²) >= 11 is 6.27. The van der Waals surface area contributed by atoms with Crippen molar-refractivity contribution in [2.45, 2.75) is 115 Å². The predicted octanol–water partition coefficient (Wildman–Crippen LogP) is 7.24. The van der Waals surface area contributed by atoms with Crippen LogP contribution in [-0.4, -0.2) is 133 Å². The number of anilines is 1. The van der Waals surface area contributed by atoms with Gasteiger partial charge >= 0.3 is 11.4 Å². The summed E-state index contributed by atoms with van der Waals surface area (Å²) in [5.41, 5.74) is -1.18. The van der Waals surface area contributed by atoms with Crippen LogP contribution in [0.4, 0.5) is 5.82 Å². The van der Waals surface area contributed by atoms with Crippen LogP contribution in [0.5, 0.6) is 11.5 Å². The van der Waals surface area contributed by atoms with Gasteiger partial charge in [0.05, 0.1) is 46.5 Å². The number of nitrogens with one attached hydrogen (secondary N) is 2. The lowest BCUT2D eigenvalue weighted by atomic mass is 9.80. The average molecular weight is 1160 g/mol. The maximum atomic E-state index is 13.8. The molecule has 2 aromatic heterocycles. The largest absolute Gasteiger partial charge is 0.497 e. The first-order valence-electron chi connectivity index (χ1n) is 26.0. The number of H-pyrrole nitrogens is 1. The lowest BCUT2D eigenvalue weighted by molar-refractivity contribution is -0.118. The number of aromatic amines is 1. The molecule has 432 valence electrons. The van der Waals surface area contributed by atoms with Gasteiger partial charge in [0.25, 0.3) is 14.1 Å². The number of carbonyl (C=O) groups is 1. The Morgan fingerprint density at radius 1 is 0.787 bits per heavy atom. The van der Waals surface area contributed by atoms with Gasteiger partial charge in [0.1, 0.15) is 59.5 Å². The summed E-state index contributed by atoms with van der Waals surface area (Å²) in [6.07, 6.45) is -5.64. The zero-order valence-corrected chi connectivity index (χ0v) is 49.3. The molecule has 4 heterocycles. The van der Waals surface area contributed by atoms with E-state index >= 15 is 0 Å². The van der Waals surface area contributed by atoms with Crippen molar-refractivity contribution < 1.29 is 56.0 Å². The lowest BCUT2D eigenvalue weighted by Crippen LogP contribution is -2.42. The van der Waals surface area contributed by atoms with E-state index in [2.05, 4.69) is 21.4 Å². The van der Waals surface area contributed by atoms with Gasteiger partial charge in [-0.2, -0.15) is 10.2 Å². The van der Waals surface area contributed by atoms with Crippen LogP contribution in [-0.2, 0) is 64.0 Å². The van der Waals surface area contributed by atoms with E-state index in [1.807, 2.05) is 111 Å². The van der Waals surface area contributed by atoms with E-state index in [1.54, 1.807) is 34.7 Å². The minimum atomic E-state index is -3.49. The molecule has 1 amide bonds. The van der Waals surface area contributed by atoms with Crippen LogP contribution in [0.2, 0.25) is 0 Å². The van der Waals surface area contributed by atoms with Crippen molar-refractivity contribution >= 4 is 38.5 Å². The molecule has 0 spiro atoms. The summed E-state index contributed by atoms with van der Waals surface area (Å²) in [6, 6.07) is 29.3. The van der Waals surface area contributed by atoms with Crippen LogP contribution in [0.1, 0.15) is 77.1 Å². The number of aromatic nitrogens is 4. The highest BCUT2D eigenvalue weighted by Gasteiger charge is 2.53. The molecule has 0 saturated carbocycles. The second-order valence-corrected chi connectivity index (χ2v) is 25.2. The molecule has 0 aliphatic carbocycles. The van der Waals surface area contributed by atoms with Crippen molar-refractivity contribution in [1.29, 1.82) is 5.26 Å². The van der Waals surface area contributed by atoms with Crippen molar-refractivity contribution in [3.63, 3.8) is 0 Å². The molecule has 7 rings (SSSR count). The molecule has 22 nitrogen and oxygen atoms in total. The first kappa shape index (κ1) is 62.1. The van der Waals surface area contributed by atoms with Crippen molar-refractivity contribution in [2.24, 2.45) is 5.92 Å². The minimum Gasteiger partial charge on any atom is -0.497 e. The normalized spacial score (nSPS) is 22.4. The summed E-state index contributed by atoms with van der Waals surface area (Å²) in [7, 11) is 4.16. The van der Waals surface area contributed by atoms with Crippen LogP contribution < -0.4 is 31.7 Å². The van der Waals surface area contributed by atoms with Crippen molar-refractivity contribution in [1.82, 2.24) is 23.8 Å². The smallest absolute Gasteiger partial charge is 0.351 e. The summed E-state index contributed by atoms with van der Waals surface area (Å²) in [4.78, 5) is 58.7. The summed E-state index contributed by atoms with van der Waals surface area (Å²) in [6.45, 7) is 9.18. The lowest BCUT2D eigenvalue weighted by Gasteiger charge is -2.38. The molecule has 80 heavy (non-hydrogen) atoms. The van der Waals surface area contributed by atoms with Gasteiger partial charge in [-0.1, -0.05) is 68.4 Å². The molecule has 2 saturated heterocycles. The number of hydrogen-bond donors (Lipinski definition) is 2. The van der Waals surface area contributed by atoms with E-state index in [0.29, 0.717) is 11.5 Å². The number of ether oxygens (including phenoxy) is 7. The Hall–Kier alpha value is -5.54. The molecule has 2 fully saturated rings. The Bertz CT molecular complexity index is 3050. The second-order valence-electron chi connectivity index (χ2n) is 19.8. The Balaban J connectivity index is 1.26. The third-order valence-corrected chi connectivity index (χ3v) is 17.4. The van der Waals surface area contributed by atoms with Gasteiger partial charge in [-0.25, -0.2) is 14.3 Å². The Morgan fingerprint density at radius 2 is 1.34 bits per heavy atom. The molecule has 2 unspecified atom stereocenters. The SMILES string of the molecule is COc1ccc(C(OC[C@H]2O[C@@H](n3ccc(=O)[nH]c3=O)[C@H](OC)[C@@H]2OP(C)(=S)OC[C@H]2O[C@@H](n3ccc(NC(=O)C(C)C)nc3=O)[C@H](OC)[C@@H]2OP(OCCC#N)N(C(C)C)C(C)C)(c2ccccc2)c2ccc(OC)cc2)cc1. The average Bonchev–Trinajstić information content (AvgIpc) is 3.99. The molecule has 2 N–H and O–H groups in total. The number of methoxy groups -OCH3 is 4. The second kappa shape index (κ2) is 28.0. The fourth-order valence-corrected chi connectivity index (χ4v) is 13.0. The molecule has 2 aliphatic rings. The monoisotopic (exact) mass is 1160 g/mol. The highest BCUT2D eigenvalue weighted by atomic mass is 32.5. The van der Waals surface area contributed by atoms with Crippen LogP contribution in [0.25, 0.3) is 0 Å². The van der Waals surface area contributed by atoms with Crippen LogP contribution in [0.3, 0.4) is 0 Å². The van der Waals surface area contributed by atoms with Crippen LogP contribution in [0.15, 0.2) is 118 Å². The van der Waals surface area contributed by atoms with E-state index in [-0.39, 0.29) is 56.0 Å². The highest BCUT2D eigenvalue weighted by Crippen LogP contribution is 2.54. The van der Waals surface area contributed by atoms with E-state index in [1.165, 1.54) is 47.9 Å².